The molecule has 5 rings (SSSR count). The van der Waals surface area contributed by atoms with Crippen LogP contribution < -0.4 is 0 Å². The van der Waals surface area contributed by atoms with Crippen LogP contribution >= 0.6 is 23.4 Å². The number of Topliss-reactive ketones (excluding diaryl/α,β-unsaturated/α-hetero) is 1. The van der Waals surface area contributed by atoms with Gasteiger partial charge in [-0.3, -0.25) is 14.3 Å². The molecule has 6 nitrogen and oxygen atoms in total. The van der Waals surface area contributed by atoms with Crippen LogP contribution in [-0.2, 0) is 6.54 Å². The Hall–Kier alpha value is -2.90. The van der Waals surface area contributed by atoms with Crippen LogP contribution in [0.25, 0.3) is 11.4 Å². The summed E-state index contributed by atoms with van der Waals surface area (Å²) in [5.41, 5.74) is 4.73. The maximum Gasteiger partial charge on any atom is 0.192 e. The van der Waals surface area contributed by atoms with E-state index in [4.69, 9.17) is 11.6 Å². The molecule has 8 heteroatoms. The smallest absolute Gasteiger partial charge is 0.192 e. The molecule has 0 N–H and O–H groups in total. The Balaban J connectivity index is 1.34. The number of thioether (sulfide) groups is 1. The van der Waals surface area contributed by atoms with Crippen molar-refractivity contribution in [1.82, 2.24) is 24.3 Å². The average Bonchev–Trinajstić information content (AvgIpc) is 3.52. The zero-order valence-electron chi connectivity index (χ0n) is 18.5. The fraction of sp³-hybridized carbons (Fsp3) is 0.280. The van der Waals surface area contributed by atoms with Gasteiger partial charge < -0.3 is 4.57 Å². The summed E-state index contributed by atoms with van der Waals surface area (Å²) >= 11 is 7.81. The normalized spacial score (nSPS) is 13.4. The third-order valence-electron chi connectivity index (χ3n) is 5.99. The van der Waals surface area contributed by atoms with Gasteiger partial charge in [0.1, 0.15) is 0 Å². The molecule has 0 amide bonds. The molecule has 168 valence electrons. The Morgan fingerprint density at radius 1 is 1.15 bits per heavy atom. The molecular weight excluding hydrogens is 454 g/mol. The lowest BCUT2D eigenvalue weighted by Gasteiger charge is -2.11. The maximum atomic E-state index is 13.2. The molecule has 0 unspecified atom stereocenters. The van der Waals surface area contributed by atoms with Crippen LogP contribution in [0.3, 0.4) is 0 Å². The number of hydrogen-bond donors (Lipinski definition) is 0. The van der Waals surface area contributed by atoms with E-state index in [1.54, 1.807) is 12.4 Å². The van der Waals surface area contributed by atoms with Crippen LogP contribution in [0.5, 0.6) is 0 Å². The zero-order valence-corrected chi connectivity index (χ0v) is 20.1. The molecule has 1 aromatic carbocycles. The van der Waals surface area contributed by atoms with Gasteiger partial charge in [-0.05, 0) is 56.5 Å². The van der Waals surface area contributed by atoms with Gasteiger partial charge in [0.05, 0.1) is 5.75 Å². The van der Waals surface area contributed by atoms with Gasteiger partial charge in [0.15, 0.2) is 16.8 Å². The number of pyridine rings is 1. The molecule has 0 saturated heterocycles. The molecule has 3 heterocycles. The second-order valence-electron chi connectivity index (χ2n) is 8.32. The molecule has 3 aromatic heterocycles. The fourth-order valence-electron chi connectivity index (χ4n) is 4.06. The summed E-state index contributed by atoms with van der Waals surface area (Å²) in [7, 11) is 0. The van der Waals surface area contributed by atoms with Crippen molar-refractivity contribution in [3.8, 4) is 11.4 Å². The second-order valence-corrected chi connectivity index (χ2v) is 9.67. The van der Waals surface area contributed by atoms with Gasteiger partial charge in [-0.2, -0.15) is 0 Å². The summed E-state index contributed by atoms with van der Waals surface area (Å²) in [4.78, 5) is 17.4. The molecule has 33 heavy (non-hydrogen) atoms. The largest absolute Gasteiger partial charge is 0.344 e. The molecular formula is C25H24ClN5OS. The number of benzene rings is 1. The van der Waals surface area contributed by atoms with E-state index < -0.39 is 0 Å². The van der Waals surface area contributed by atoms with E-state index in [-0.39, 0.29) is 5.78 Å². The molecule has 0 atom stereocenters. The summed E-state index contributed by atoms with van der Waals surface area (Å²) < 4.78 is 4.31. The van der Waals surface area contributed by atoms with Gasteiger partial charge >= 0.3 is 0 Å². The van der Waals surface area contributed by atoms with E-state index in [1.165, 1.54) is 11.8 Å². The number of ketones is 1. The highest BCUT2D eigenvalue weighted by atomic mass is 35.5. The molecule has 1 aliphatic rings. The van der Waals surface area contributed by atoms with E-state index in [0.29, 0.717) is 18.3 Å². The minimum atomic E-state index is 0.0896. The van der Waals surface area contributed by atoms with Gasteiger partial charge in [-0.25, -0.2) is 0 Å². The Kier molecular flexibility index (Phi) is 6.08. The number of aromatic nitrogens is 5. The highest BCUT2D eigenvalue weighted by molar-refractivity contribution is 7.99. The van der Waals surface area contributed by atoms with Gasteiger partial charge in [0.25, 0.3) is 0 Å². The lowest BCUT2D eigenvalue weighted by atomic mass is 10.2. The van der Waals surface area contributed by atoms with Crippen LogP contribution in [0.1, 0.15) is 46.2 Å². The summed E-state index contributed by atoms with van der Waals surface area (Å²) in [5, 5.41) is 10.3. The Morgan fingerprint density at radius 3 is 2.70 bits per heavy atom. The van der Waals surface area contributed by atoms with Crippen LogP contribution in [-0.4, -0.2) is 35.9 Å². The Morgan fingerprint density at radius 2 is 1.97 bits per heavy atom. The van der Waals surface area contributed by atoms with Crippen molar-refractivity contribution in [2.45, 2.75) is 44.4 Å². The first-order valence-corrected chi connectivity index (χ1v) is 12.3. The van der Waals surface area contributed by atoms with Gasteiger partial charge in [0.2, 0.25) is 0 Å². The number of nitrogens with zero attached hydrogens (tertiary/aromatic N) is 5. The molecule has 0 bridgehead atoms. The average molecular weight is 478 g/mol. The molecule has 1 fully saturated rings. The fourth-order valence-corrected chi connectivity index (χ4v) is 5.15. The van der Waals surface area contributed by atoms with Crippen molar-refractivity contribution >= 4 is 29.1 Å². The van der Waals surface area contributed by atoms with E-state index in [0.717, 1.165) is 56.9 Å². The summed E-state index contributed by atoms with van der Waals surface area (Å²) in [5.74, 6) is 1.22. The molecule has 1 aliphatic carbocycles. The topological polar surface area (TPSA) is 65.6 Å². The van der Waals surface area contributed by atoms with E-state index in [2.05, 4.69) is 24.3 Å². The van der Waals surface area contributed by atoms with Crippen LogP contribution in [0, 0.1) is 13.8 Å². The van der Waals surface area contributed by atoms with E-state index in [1.807, 2.05) is 56.3 Å². The zero-order chi connectivity index (χ0) is 22.9. The van der Waals surface area contributed by atoms with Crippen LogP contribution in [0.15, 0.2) is 60.0 Å². The first kappa shape index (κ1) is 21.9. The number of rotatable bonds is 8. The third-order valence-corrected chi connectivity index (χ3v) is 7.30. The maximum absolute atomic E-state index is 13.2. The quantitative estimate of drug-likeness (QED) is 0.238. The minimum absolute atomic E-state index is 0.0896. The molecule has 0 spiro atoms. The monoisotopic (exact) mass is 477 g/mol. The Labute approximate surface area is 202 Å². The van der Waals surface area contributed by atoms with Gasteiger partial charge in [-0.15, -0.1) is 10.2 Å². The molecule has 0 radical (unpaired) electrons. The molecule has 0 aliphatic heterocycles. The highest BCUT2D eigenvalue weighted by Gasteiger charge is 2.30. The molecule has 4 aromatic rings. The number of aryl methyl sites for hydroxylation is 1. The highest BCUT2D eigenvalue weighted by Crippen LogP contribution is 2.41. The number of carbonyl (C=O) groups is 1. The van der Waals surface area contributed by atoms with E-state index >= 15 is 0 Å². The standard InChI is InChI=1S/C25H24ClN5OS/c1-16-12-21(17(2)30(16)14-19-6-3-4-8-22(19)26)23(32)15-33-25-29-28-24(31(25)20-9-10-20)18-7-5-11-27-13-18/h3-8,11-13,20H,9-10,14-15H2,1-2H3. The molecule has 1 saturated carbocycles. The van der Waals surface area contributed by atoms with Crippen molar-refractivity contribution in [2.24, 2.45) is 0 Å². The van der Waals surface area contributed by atoms with Crippen molar-refractivity contribution in [2.75, 3.05) is 5.75 Å². The number of carbonyl (C=O) groups excluding carboxylic acids is 1. The van der Waals surface area contributed by atoms with Gasteiger partial charge in [0, 0.05) is 52.5 Å². The number of halogens is 1. The SMILES string of the molecule is Cc1cc(C(=O)CSc2nnc(-c3cccnc3)n2C2CC2)c(C)n1Cc1ccccc1Cl. The summed E-state index contributed by atoms with van der Waals surface area (Å²) in [6.45, 7) is 4.66. The van der Waals surface area contributed by atoms with Crippen molar-refractivity contribution < 1.29 is 4.79 Å². The summed E-state index contributed by atoms with van der Waals surface area (Å²) in [6, 6.07) is 14.1. The summed E-state index contributed by atoms with van der Waals surface area (Å²) in [6.07, 6.45) is 5.76. The lowest BCUT2D eigenvalue weighted by molar-refractivity contribution is 0.102. The van der Waals surface area contributed by atoms with Crippen molar-refractivity contribution in [3.05, 3.63) is 82.4 Å². The first-order valence-electron chi connectivity index (χ1n) is 10.9. The number of hydrogen-bond acceptors (Lipinski definition) is 5. The van der Waals surface area contributed by atoms with Crippen molar-refractivity contribution in [1.29, 1.82) is 0 Å². The predicted octanol–water partition coefficient (Wildman–Crippen LogP) is 5.77. The predicted molar refractivity (Wildman–Crippen MR) is 131 cm³/mol. The first-order chi connectivity index (χ1) is 16.0. The minimum Gasteiger partial charge on any atom is -0.344 e. The van der Waals surface area contributed by atoms with Crippen LogP contribution in [0.2, 0.25) is 5.02 Å². The third kappa shape index (κ3) is 4.48. The van der Waals surface area contributed by atoms with Crippen LogP contribution in [0.4, 0.5) is 0 Å². The Bertz CT molecular complexity index is 1310. The van der Waals surface area contributed by atoms with E-state index in [9.17, 15) is 4.79 Å². The van der Waals surface area contributed by atoms with Crippen molar-refractivity contribution in [3.63, 3.8) is 0 Å². The second kappa shape index (κ2) is 9.15. The van der Waals surface area contributed by atoms with Gasteiger partial charge in [-0.1, -0.05) is 41.6 Å². The lowest BCUT2D eigenvalue weighted by Crippen LogP contribution is -2.08.